The third kappa shape index (κ3) is 3.54. The van der Waals surface area contributed by atoms with E-state index in [-0.39, 0.29) is 23.8 Å². The molecular formula is C20H24N4O3. The summed E-state index contributed by atoms with van der Waals surface area (Å²) in [5, 5.41) is 3.08. The molecule has 1 saturated heterocycles. The smallest absolute Gasteiger partial charge is 0.229 e. The predicted octanol–water partition coefficient (Wildman–Crippen LogP) is 1.75. The van der Waals surface area contributed by atoms with Crippen LogP contribution >= 0.6 is 0 Å². The summed E-state index contributed by atoms with van der Waals surface area (Å²) in [6.07, 6.45) is 2.62. The molecule has 2 heterocycles. The van der Waals surface area contributed by atoms with E-state index in [9.17, 15) is 9.59 Å². The topological polar surface area (TPSA) is 87.3 Å². The molecule has 2 amide bonds. The van der Waals surface area contributed by atoms with Crippen LogP contribution in [0.3, 0.4) is 0 Å². The SMILES string of the molecule is COc1cccc(N2CC(NC(=O)C3CCc4nc(C)[nH]c4C3)CC2=O)c1. The van der Waals surface area contributed by atoms with Gasteiger partial charge in [0, 0.05) is 42.8 Å². The van der Waals surface area contributed by atoms with Crippen molar-refractivity contribution in [3.05, 3.63) is 41.5 Å². The summed E-state index contributed by atoms with van der Waals surface area (Å²) in [6.45, 7) is 2.42. The zero-order valence-electron chi connectivity index (χ0n) is 15.6. The van der Waals surface area contributed by atoms with Crippen molar-refractivity contribution in [2.45, 2.75) is 38.6 Å². The Bertz CT molecular complexity index is 876. The summed E-state index contributed by atoms with van der Waals surface area (Å²) in [5.74, 6) is 1.58. The average Bonchev–Trinajstić information content (AvgIpc) is 3.22. The minimum absolute atomic E-state index is 0.0173. The molecule has 1 aromatic heterocycles. The van der Waals surface area contributed by atoms with Gasteiger partial charge in [0.2, 0.25) is 11.8 Å². The second-order valence-corrected chi connectivity index (χ2v) is 7.30. The first-order valence-electron chi connectivity index (χ1n) is 9.32. The molecule has 0 bridgehead atoms. The lowest BCUT2D eigenvalue weighted by atomic mass is 9.89. The summed E-state index contributed by atoms with van der Waals surface area (Å²) in [4.78, 5) is 34.6. The molecule has 1 aliphatic heterocycles. The van der Waals surface area contributed by atoms with Gasteiger partial charge in [-0.05, 0) is 31.9 Å². The van der Waals surface area contributed by atoms with Gasteiger partial charge in [-0.2, -0.15) is 0 Å². The van der Waals surface area contributed by atoms with Crippen molar-refractivity contribution in [1.29, 1.82) is 0 Å². The van der Waals surface area contributed by atoms with Gasteiger partial charge in [0.1, 0.15) is 11.6 Å². The van der Waals surface area contributed by atoms with Crippen molar-refractivity contribution in [2.24, 2.45) is 5.92 Å². The van der Waals surface area contributed by atoms with Gasteiger partial charge in [0.25, 0.3) is 0 Å². The van der Waals surface area contributed by atoms with Gasteiger partial charge in [0.15, 0.2) is 0 Å². The first kappa shape index (κ1) is 17.6. The van der Waals surface area contributed by atoms with Crippen LogP contribution in [0.1, 0.15) is 30.1 Å². The summed E-state index contributed by atoms with van der Waals surface area (Å²) in [7, 11) is 1.60. The Morgan fingerprint density at radius 1 is 1.37 bits per heavy atom. The molecule has 2 N–H and O–H groups in total. The van der Waals surface area contributed by atoms with E-state index >= 15 is 0 Å². The number of hydrogen-bond acceptors (Lipinski definition) is 4. The first-order chi connectivity index (χ1) is 13.0. The number of aryl methyl sites for hydroxylation is 2. The number of methoxy groups -OCH3 is 1. The molecular weight excluding hydrogens is 344 g/mol. The van der Waals surface area contributed by atoms with Gasteiger partial charge in [-0.3, -0.25) is 9.59 Å². The highest BCUT2D eigenvalue weighted by Crippen LogP contribution is 2.27. The number of rotatable bonds is 4. The van der Waals surface area contributed by atoms with E-state index in [0.717, 1.165) is 35.7 Å². The second-order valence-electron chi connectivity index (χ2n) is 7.30. The summed E-state index contributed by atoms with van der Waals surface area (Å²) in [5.41, 5.74) is 2.95. The zero-order chi connectivity index (χ0) is 19.0. The molecule has 0 spiro atoms. The number of anilines is 1. The number of ether oxygens (including phenoxy) is 1. The van der Waals surface area contributed by atoms with Crippen LogP contribution in [0.5, 0.6) is 5.75 Å². The van der Waals surface area contributed by atoms with Crippen LogP contribution in [0.25, 0.3) is 0 Å². The maximum absolute atomic E-state index is 12.7. The molecule has 0 radical (unpaired) electrons. The normalized spacial score (nSPS) is 21.9. The van der Waals surface area contributed by atoms with Crippen molar-refractivity contribution >= 4 is 17.5 Å². The Morgan fingerprint density at radius 3 is 3.04 bits per heavy atom. The zero-order valence-corrected chi connectivity index (χ0v) is 15.6. The Balaban J connectivity index is 1.39. The number of carbonyl (C=O) groups excluding carboxylic acids is 2. The molecule has 27 heavy (non-hydrogen) atoms. The van der Waals surface area contributed by atoms with Crippen LogP contribution in [0.2, 0.25) is 0 Å². The van der Waals surface area contributed by atoms with Gasteiger partial charge in [-0.15, -0.1) is 0 Å². The summed E-state index contributed by atoms with van der Waals surface area (Å²) in [6, 6.07) is 7.26. The largest absolute Gasteiger partial charge is 0.497 e. The van der Waals surface area contributed by atoms with E-state index in [4.69, 9.17) is 4.74 Å². The first-order valence-corrected chi connectivity index (χ1v) is 9.32. The van der Waals surface area contributed by atoms with Crippen LogP contribution < -0.4 is 15.0 Å². The predicted molar refractivity (Wildman–Crippen MR) is 101 cm³/mol. The van der Waals surface area contributed by atoms with Crippen molar-refractivity contribution in [3.63, 3.8) is 0 Å². The van der Waals surface area contributed by atoms with Gasteiger partial charge in [-0.25, -0.2) is 4.98 Å². The van der Waals surface area contributed by atoms with Crippen molar-refractivity contribution in [3.8, 4) is 5.75 Å². The van der Waals surface area contributed by atoms with Gasteiger partial charge < -0.3 is 19.9 Å². The van der Waals surface area contributed by atoms with E-state index in [2.05, 4.69) is 15.3 Å². The van der Waals surface area contributed by atoms with Crippen LogP contribution in [-0.4, -0.2) is 41.5 Å². The number of fused-ring (bicyclic) bond motifs is 1. The fraction of sp³-hybridized carbons (Fsp3) is 0.450. The van der Waals surface area contributed by atoms with E-state index in [1.807, 2.05) is 31.2 Å². The third-order valence-corrected chi connectivity index (χ3v) is 5.37. The molecule has 2 atom stereocenters. The molecule has 1 aliphatic carbocycles. The fourth-order valence-corrected chi connectivity index (χ4v) is 4.00. The maximum atomic E-state index is 12.7. The Labute approximate surface area is 158 Å². The van der Waals surface area contributed by atoms with E-state index in [1.54, 1.807) is 12.0 Å². The molecule has 7 heteroatoms. The number of aromatic amines is 1. The summed E-state index contributed by atoms with van der Waals surface area (Å²) >= 11 is 0. The van der Waals surface area contributed by atoms with Crippen LogP contribution in [-0.2, 0) is 22.4 Å². The van der Waals surface area contributed by atoms with Crippen LogP contribution in [0.15, 0.2) is 24.3 Å². The molecule has 142 valence electrons. The minimum atomic E-state index is -0.166. The lowest BCUT2D eigenvalue weighted by Crippen LogP contribution is -2.42. The molecule has 0 saturated carbocycles. The Morgan fingerprint density at radius 2 is 2.22 bits per heavy atom. The van der Waals surface area contributed by atoms with Gasteiger partial charge >= 0.3 is 0 Å². The highest BCUT2D eigenvalue weighted by Gasteiger charge is 2.34. The fourth-order valence-electron chi connectivity index (χ4n) is 4.00. The minimum Gasteiger partial charge on any atom is -0.497 e. The number of carbonyl (C=O) groups is 2. The number of H-pyrrole nitrogens is 1. The highest BCUT2D eigenvalue weighted by molar-refractivity contribution is 5.97. The molecule has 4 rings (SSSR count). The van der Waals surface area contributed by atoms with E-state index in [0.29, 0.717) is 25.1 Å². The molecule has 1 fully saturated rings. The number of imidazole rings is 1. The van der Waals surface area contributed by atoms with E-state index in [1.165, 1.54) is 0 Å². The van der Waals surface area contributed by atoms with Crippen molar-refractivity contribution < 1.29 is 14.3 Å². The number of benzene rings is 1. The molecule has 1 aromatic carbocycles. The summed E-state index contributed by atoms with van der Waals surface area (Å²) < 4.78 is 5.24. The van der Waals surface area contributed by atoms with Crippen LogP contribution in [0, 0.1) is 12.8 Å². The van der Waals surface area contributed by atoms with Gasteiger partial charge in [-0.1, -0.05) is 6.07 Å². The Kier molecular flexibility index (Phi) is 4.59. The number of amides is 2. The monoisotopic (exact) mass is 368 g/mol. The highest BCUT2D eigenvalue weighted by atomic mass is 16.5. The number of hydrogen-bond donors (Lipinski definition) is 2. The maximum Gasteiger partial charge on any atom is 0.229 e. The van der Waals surface area contributed by atoms with Crippen molar-refractivity contribution in [2.75, 3.05) is 18.6 Å². The lowest BCUT2D eigenvalue weighted by Gasteiger charge is -2.23. The standard InChI is InChI=1S/C20H24N4O3/c1-12-21-17-7-6-13(8-18(17)22-12)20(26)23-14-9-19(25)24(11-14)15-4-3-5-16(10-15)27-2/h3-5,10,13-14H,6-9,11H2,1-2H3,(H,21,22)(H,23,26). The quantitative estimate of drug-likeness (QED) is 0.861. The average molecular weight is 368 g/mol. The number of nitrogens with one attached hydrogen (secondary N) is 2. The molecule has 2 aliphatic rings. The number of nitrogens with zero attached hydrogens (tertiary/aromatic N) is 2. The Hall–Kier alpha value is -2.83. The van der Waals surface area contributed by atoms with E-state index < -0.39 is 0 Å². The van der Waals surface area contributed by atoms with Gasteiger partial charge in [0.05, 0.1) is 18.8 Å². The molecule has 2 aromatic rings. The second kappa shape index (κ2) is 7.06. The van der Waals surface area contributed by atoms with Crippen molar-refractivity contribution in [1.82, 2.24) is 15.3 Å². The lowest BCUT2D eigenvalue weighted by molar-refractivity contribution is -0.126. The molecule has 2 unspecified atom stereocenters. The third-order valence-electron chi connectivity index (χ3n) is 5.37. The van der Waals surface area contributed by atoms with Crippen LogP contribution in [0.4, 0.5) is 5.69 Å². The number of aromatic nitrogens is 2. The molecule has 7 nitrogen and oxygen atoms in total.